The van der Waals surface area contributed by atoms with Crippen molar-refractivity contribution in [2.24, 2.45) is 5.73 Å². The van der Waals surface area contributed by atoms with Crippen molar-refractivity contribution in [2.75, 3.05) is 31.1 Å². The first-order chi connectivity index (χ1) is 10.2. The van der Waals surface area contributed by atoms with Gasteiger partial charge in [0.25, 0.3) is 0 Å². The van der Waals surface area contributed by atoms with Crippen molar-refractivity contribution in [2.45, 2.75) is 51.1 Å². The van der Waals surface area contributed by atoms with E-state index in [0.29, 0.717) is 6.04 Å². The quantitative estimate of drug-likeness (QED) is 0.924. The van der Waals surface area contributed by atoms with Gasteiger partial charge in [-0.25, -0.2) is 0 Å². The molecule has 3 heteroatoms. The highest BCUT2D eigenvalue weighted by atomic mass is 15.3. The van der Waals surface area contributed by atoms with Crippen molar-refractivity contribution in [1.82, 2.24) is 4.90 Å². The number of rotatable bonds is 4. The number of benzene rings is 1. The van der Waals surface area contributed by atoms with Crippen molar-refractivity contribution in [1.29, 1.82) is 0 Å². The standard InChI is InChI=1S/C18H29N3/c1-3-21(16-8-6-7-15(2)13-16)18(14-19)10-12-20-11-5-4-9-17(18)20/h6-8,13,17H,3-5,9-12,14,19H2,1-2H3. The van der Waals surface area contributed by atoms with E-state index < -0.39 is 0 Å². The van der Waals surface area contributed by atoms with Gasteiger partial charge in [-0.3, -0.25) is 4.90 Å². The number of fused-ring (bicyclic) bond motifs is 1. The molecule has 2 unspecified atom stereocenters. The Kier molecular flexibility index (Phi) is 4.23. The van der Waals surface area contributed by atoms with E-state index in [9.17, 15) is 0 Å². The second-order valence-corrected chi connectivity index (χ2v) is 6.69. The Morgan fingerprint density at radius 1 is 1.33 bits per heavy atom. The van der Waals surface area contributed by atoms with E-state index in [2.05, 4.69) is 47.9 Å². The van der Waals surface area contributed by atoms with Gasteiger partial charge in [0.1, 0.15) is 0 Å². The van der Waals surface area contributed by atoms with Gasteiger partial charge in [-0.2, -0.15) is 0 Å². The molecule has 2 aliphatic rings. The third kappa shape index (κ3) is 2.47. The van der Waals surface area contributed by atoms with Crippen molar-refractivity contribution in [3.63, 3.8) is 0 Å². The highest BCUT2D eigenvalue weighted by Gasteiger charge is 2.50. The Labute approximate surface area is 129 Å². The van der Waals surface area contributed by atoms with E-state index in [0.717, 1.165) is 13.1 Å². The van der Waals surface area contributed by atoms with Crippen LogP contribution in [0.15, 0.2) is 24.3 Å². The van der Waals surface area contributed by atoms with Crippen LogP contribution in [0.1, 0.15) is 38.2 Å². The van der Waals surface area contributed by atoms with Crippen LogP contribution in [0.25, 0.3) is 0 Å². The Balaban J connectivity index is 1.96. The number of likely N-dealkylation sites (N-methyl/N-ethyl adjacent to an activating group) is 1. The van der Waals surface area contributed by atoms with Crippen molar-refractivity contribution >= 4 is 5.69 Å². The van der Waals surface area contributed by atoms with Crippen molar-refractivity contribution in [3.8, 4) is 0 Å². The summed E-state index contributed by atoms with van der Waals surface area (Å²) in [6.45, 7) is 8.71. The number of anilines is 1. The Hall–Kier alpha value is -1.06. The second-order valence-electron chi connectivity index (χ2n) is 6.69. The lowest BCUT2D eigenvalue weighted by atomic mass is 9.83. The average Bonchev–Trinajstić information content (AvgIpc) is 2.88. The lowest BCUT2D eigenvalue weighted by molar-refractivity contribution is 0.155. The van der Waals surface area contributed by atoms with E-state index in [1.807, 2.05) is 0 Å². The topological polar surface area (TPSA) is 32.5 Å². The number of aryl methyl sites for hydroxylation is 1. The van der Waals surface area contributed by atoms with Gasteiger partial charge in [0, 0.05) is 31.4 Å². The summed E-state index contributed by atoms with van der Waals surface area (Å²) in [5.74, 6) is 0. The summed E-state index contributed by atoms with van der Waals surface area (Å²) in [7, 11) is 0. The van der Waals surface area contributed by atoms with Crippen LogP contribution >= 0.6 is 0 Å². The predicted molar refractivity (Wildman–Crippen MR) is 89.8 cm³/mol. The summed E-state index contributed by atoms with van der Waals surface area (Å²) < 4.78 is 0. The molecule has 3 nitrogen and oxygen atoms in total. The minimum Gasteiger partial charge on any atom is -0.363 e. The smallest absolute Gasteiger partial charge is 0.0690 e. The van der Waals surface area contributed by atoms with Crippen LogP contribution < -0.4 is 10.6 Å². The fraction of sp³-hybridized carbons (Fsp3) is 0.667. The summed E-state index contributed by atoms with van der Waals surface area (Å²) in [6, 6.07) is 9.54. The third-order valence-corrected chi connectivity index (χ3v) is 5.59. The van der Waals surface area contributed by atoms with E-state index in [-0.39, 0.29) is 5.54 Å². The Bertz CT molecular complexity index is 487. The van der Waals surface area contributed by atoms with Crippen LogP contribution in [-0.2, 0) is 0 Å². The van der Waals surface area contributed by atoms with E-state index in [4.69, 9.17) is 5.73 Å². The molecule has 0 amide bonds. The Morgan fingerprint density at radius 3 is 2.90 bits per heavy atom. The fourth-order valence-corrected chi connectivity index (χ4v) is 4.58. The largest absolute Gasteiger partial charge is 0.363 e. The minimum atomic E-state index is 0.128. The molecule has 2 heterocycles. The molecule has 2 fully saturated rings. The van der Waals surface area contributed by atoms with Gasteiger partial charge in [-0.15, -0.1) is 0 Å². The molecule has 2 atom stereocenters. The van der Waals surface area contributed by atoms with Crippen LogP contribution in [0.2, 0.25) is 0 Å². The molecule has 1 aromatic carbocycles. The first kappa shape index (κ1) is 14.9. The number of piperidine rings is 1. The lowest BCUT2D eigenvalue weighted by Gasteiger charge is -2.48. The summed E-state index contributed by atoms with van der Waals surface area (Å²) in [5, 5.41) is 0. The predicted octanol–water partition coefficient (Wildman–Crippen LogP) is 2.78. The number of hydrogen-bond donors (Lipinski definition) is 1. The fourth-order valence-electron chi connectivity index (χ4n) is 4.58. The Morgan fingerprint density at radius 2 is 2.19 bits per heavy atom. The zero-order chi connectivity index (χ0) is 14.9. The molecule has 1 aromatic rings. The molecule has 0 saturated carbocycles. The molecule has 116 valence electrons. The second kappa shape index (κ2) is 5.98. The summed E-state index contributed by atoms with van der Waals surface area (Å²) >= 11 is 0. The van der Waals surface area contributed by atoms with Crippen LogP contribution in [0.4, 0.5) is 5.69 Å². The highest BCUT2D eigenvalue weighted by Crippen LogP contribution is 2.41. The highest BCUT2D eigenvalue weighted by molar-refractivity contribution is 5.52. The van der Waals surface area contributed by atoms with Gasteiger partial charge in [0.2, 0.25) is 0 Å². The van der Waals surface area contributed by atoms with E-state index in [1.54, 1.807) is 0 Å². The maximum atomic E-state index is 6.36. The molecule has 0 bridgehead atoms. The van der Waals surface area contributed by atoms with Crippen LogP contribution in [0.3, 0.4) is 0 Å². The van der Waals surface area contributed by atoms with Crippen LogP contribution in [0.5, 0.6) is 0 Å². The van der Waals surface area contributed by atoms with Gasteiger partial charge in [0.15, 0.2) is 0 Å². The van der Waals surface area contributed by atoms with E-state index in [1.165, 1.54) is 50.0 Å². The lowest BCUT2D eigenvalue weighted by Crippen LogP contribution is -2.62. The zero-order valence-electron chi connectivity index (χ0n) is 13.5. The number of nitrogens with two attached hydrogens (primary N) is 1. The minimum absolute atomic E-state index is 0.128. The summed E-state index contributed by atoms with van der Waals surface area (Å²) in [6.07, 6.45) is 5.22. The third-order valence-electron chi connectivity index (χ3n) is 5.59. The number of hydrogen-bond acceptors (Lipinski definition) is 3. The van der Waals surface area contributed by atoms with Gasteiger partial charge < -0.3 is 10.6 Å². The normalized spacial score (nSPS) is 29.4. The first-order valence-corrected chi connectivity index (χ1v) is 8.49. The molecule has 0 aliphatic carbocycles. The summed E-state index contributed by atoms with van der Waals surface area (Å²) in [5.41, 5.74) is 9.16. The summed E-state index contributed by atoms with van der Waals surface area (Å²) in [4.78, 5) is 5.28. The van der Waals surface area contributed by atoms with Gasteiger partial charge >= 0.3 is 0 Å². The van der Waals surface area contributed by atoms with Gasteiger partial charge in [0.05, 0.1) is 5.54 Å². The molecule has 3 rings (SSSR count). The molecular weight excluding hydrogens is 258 g/mol. The maximum Gasteiger partial charge on any atom is 0.0690 e. The van der Waals surface area contributed by atoms with E-state index >= 15 is 0 Å². The van der Waals surface area contributed by atoms with Crippen molar-refractivity contribution < 1.29 is 0 Å². The monoisotopic (exact) mass is 287 g/mol. The molecular formula is C18H29N3. The van der Waals surface area contributed by atoms with Crippen LogP contribution in [0, 0.1) is 6.92 Å². The maximum absolute atomic E-state index is 6.36. The molecule has 0 aromatic heterocycles. The first-order valence-electron chi connectivity index (χ1n) is 8.49. The molecule has 2 saturated heterocycles. The SMILES string of the molecule is CCN(c1cccc(C)c1)C1(CN)CCN2CCCCC21. The molecule has 0 radical (unpaired) electrons. The molecule has 2 N–H and O–H groups in total. The van der Waals surface area contributed by atoms with Gasteiger partial charge in [-0.1, -0.05) is 18.6 Å². The zero-order valence-corrected chi connectivity index (χ0v) is 13.5. The molecule has 21 heavy (non-hydrogen) atoms. The number of nitrogens with zero attached hydrogens (tertiary/aromatic N) is 2. The molecule has 0 spiro atoms. The van der Waals surface area contributed by atoms with Crippen molar-refractivity contribution in [3.05, 3.63) is 29.8 Å². The van der Waals surface area contributed by atoms with Gasteiger partial charge in [-0.05, 0) is 57.4 Å². The molecule has 2 aliphatic heterocycles. The average molecular weight is 287 g/mol. The van der Waals surface area contributed by atoms with Crippen LogP contribution in [-0.4, -0.2) is 42.7 Å².